The Hall–Kier alpha value is -3.39. The molecule has 0 bridgehead atoms. The number of carbonyl (C=O) groups excluding carboxylic acids is 3. The van der Waals surface area contributed by atoms with Crippen molar-refractivity contribution in [2.24, 2.45) is 5.73 Å². The summed E-state index contributed by atoms with van der Waals surface area (Å²) in [5.74, 6) is -1.26. The normalized spacial score (nSPS) is 19.1. The van der Waals surface area contributed by atoms with Crippen molar-refractivity contribution in [3.05, 3.63) is 59.7 Å². The van der Waals surface area contributed by atoms with Gasteiger partial charge in [-0.25, -0.2) is 4.79 Å². The van der Waals surface area contributed by atoms with E-state index in [1.165, 1.54) is 11.8 Å². The first-order chi connectivity index (χ1) is 15.4. The molecule has 1 fully saturated rings. The van der Waals surface area contributed by atoms with Crippen molar-refractivity contribution in [1.29, 1.82) is 0 Å². The van der Waals surface area contributed by atoms with Crippen LogP contribution in [0.1, 0.15) is 36.8 Å². The fourth-order valence-electron chi connectivity index (χ4n) is 4.66. The molecule has 3 atom stereocenters. The summed E-state index contributed by atoms with van der Waals surface area (Å²) < 4.78 is 5.48. The summed E-state index contributed by atoms with van der Waals surface area (Å²) >= 11 is 0. The summed E-state index contributed by atoms with van der Waals surface area (Å²) in [6, 6.07) is 14.0. The molecule has 2 aromatic carbocycles. The first kappa shape index (κ1) is 21.8. The van der Waals surface area contributed by atoms with Crippen LogP contribution >= 0.6 is 0 Å². The number of aliphatic hydroxyl groups is 1. The number of alkyl carbamates (subject to hydrolysis) is 1. The fourth-order valence-corrected chi connectivity index (χ4v) is 4.66. The molecule has 0 radical (unpaired) electrons. The van der Waals surface area contributed by atoms with Crippen molar-refractivity contribution in [1.82, 2.24) is 10.2 Å². The summed E-state index contributed by atoms with van der Waals surface area (Å²) in [6.07, 6.45) is -0.868. The predicted octanol–water partition coefficient (Wildman–Crippen LogP) is 1.75. The van der Waals surface area contributed by atoms with Crippen molar-refractivity contribution in [3.63, 3.8) is 0 Å². The third-order valence-electron chi connectivity index (χ3n) is 6.23. The van der Waals surface area contributed by atoms with E-state index in [0.717, 1.165) is 22.3 Å². The molecule has 8 nitrogen and oxygen atoms in total. The number of hydrogen-bond acceptors (Lipinski definition) is 5. The number of fused-ring (bicyclic) bond motifs is 3. The summed E-state index contributed by atoms with van der Waals surface area (Å²) in [7, 11) is 0. The quantitative estimate of drug-likeness (QED) is 0.636. The zero-order valence-electron chi connectivity index (χ0n) is 17.9. The second-order valence-electron chi connectivity index (χ2n) is 8.28. The van der Waals surface area contributed by atoms with E-state index in [2.05, 4.69) is 5.32 Å². The van der Waals surface area contributed by atoms with E-state index in [1.54, 1.807) is 0 Å². The third-order valence-corrected chi connectivity index (χ3v) is 6.23. The molecule has 1 saturated heterocycles. The number of likely N-dealkylation sites (tertiary alicyclic amines) is 1. The number of ether oxygens (including phenoxy) is 1. The lowest BCUT2D eigenvalue weighted by molar-refractivity contribution is -0.140. The van der Waals surface area contributed by atoms with Gasteiger partial charge >= 0.3 is 6.09 Å². The van der Waals surface area contributed by atoms with Crippen LogP contribution in [0, 0.1) is 0 Å². The molecular formula is C24H27N3O5. The second kappa shape index (κ2) is 9.00. The van der Waals surface area contributed by atoms with Crippen LogP contribution in [0.25, 0.3) is 11.1 Å². The average molecular weight is 437 g/mol. The fraction of sp³-hybridized carbons (Fsp3) is 0.375. The molecule has 0 unspecified atom stereocenters. The van der Waals surface area contributed by atoms with Gasteiger partial charge in [-0.05, 0) is 42.0 Å². The first-order valence-electron chi connectivity index (χ1n) is 10.8. The van der Waals surface area contributed by atoms with Crippen LogP contribution in [-0.4, -0.2) is 59.3 Å². The van der Waals surface area contributed by atoms with Crippen LogP contribution in [0.3, 0.4) is 0 Å². The molecule has 8 heteroatoms. The van der Waals surface area contributed by atoms with E-state index in [9.17, 15) is 19.5 Å². The van der Waals surface area contributed by atoms with Crippen LogP contribution in [0.2, 0.25) is 0 Å². The zero-order valence-corrected chi connectivity index (χ0v) is 17.9. The Bertz CT molecular complexity index is 992. The smallest absolute Gasteiger partial charge is 0.407 e. The highest BCUT2D eigenvalue weighted by Crippen LogP contribution is 2.44. The molecule has 1 aliphatic carbocycles. The molecule has 3 amide bonds. The Kier molecular flexibility index (Phi) is 6.14. The Morgan fingerprint density at radius 3 is 2.28 bits per heavy atom. The lowest BCUT2D eigenvalue weighted by Crippen LogP contribution is -2.56. The number of aliphatic hydroxyl groups excluding tert-OH is 1. The van der Waals surface area contributed by atoms with Gasteiger partial charge in [-0.1, -0.05) is 48.5 Å². The largest absolute Gasteiger partial charge is 0.449 e. The first-order valence-corrected chi connectivity index (χ1v) is 10.8. The highest BCUT2D eigenvalue weighted by molar-refractivity contribution is 5.91. The number of nitrogens with two attached hydrogens (primary N) is 1. The van der Waals surface area contributed by atoms with Crippen molar-refractivity contribution in [2.75, 3.05) is 13.2 Å². The molecular weight excluding hydrogens is 410 g/mol. The molecule has 168 valence electrons. The van der Waals surface area contributed by atoms with Crippen LogP contribution in [0.15, 0.2) is 48.5 Å². The van der Waals surface area contributed by atoms with Gasteiger partial charge in [0, 0.05) is 12.5 Å². The summed E-state index contributed by atoms with van der Waals surface area (Å²) in [6.45, 7) is 1.85. The van der Waals surface area contributed by atoms with Crippen LogP contribution in [0.5, 0.6) is 0 Å². The predicted molar refractivity (Wildman–Crippen MR) is 118 cm³/mol. The summed E-state index contributed by atoms with van der Waals surface area (Å²) in [5, 5.41) is 12.6. The number of nitrogens with zero attached hydrogens (tertiary/aromatic N) is 1. The van der Waals surface area contributed by atoms with Gasteiger partial charge in [0.15, 0.2) is 0 Å². The monoisotopic (exact) mass is 437 g/mol. The van der Waals surface area contributed by atoms with Gasteiger partial charge in [0.2, 0.25) is 11.8 Å². The van der Waals surface area contributed by atoms with Gasteiger partial charge in [0.05, 0.1) is 6.10 Å². The lowest BCUT2D eigenvalue weighted by atomic mass is 9.98. The van der Waals surface area contributed by atoms with Gasteiger partial charge in [0.1, 0.15) is 18.7 Å². The summed E-state index contributed by atoms with van der Waals surface area (Å²) in [5.41, 5.74) is 9.77. The number of primary amides is 1. The van der Waals surface area contributed by atoms with Crippen LogP contribution < -0.4 is 11.1 Å². The van der Waals surface area contributed by atoms with Gasteiger partial charge in [-0.3, -0.25) is 9.59 Å². The SMILES string of the molecule is C[C@@H](O)[C@H](NC(=O)OCC1c2ccccc2-c2ccccc21)C(=O)N1CCC[C@H]1C(N)=O. The Morgan fingerprint density at radius 1 is 1.12 bits per heavy atom. The minimum Gasteiger partial charge on any atom is -0.449 e. The highest BCUT2D eigenvalue weighted by Gasteiger charge is 2.39. The standard InChI is InChI=1S/C24H27N3O5/c1-14(28)21(23(30)27-12-6-11-20(27)22(25)29)26-24(31)32-13-19-17-9-4-2-7-15(17)16-8-3-5-10-18(16)19/h2-5,7-10,14,19-21,28H,6,11-13H2,1H3,(H2,25,29)(H,26,31)/t14-,20+,21+/m1/s1. The minimum absolute atomic E-state index is 0.0915. The number of nitrogens with one attached hydrogen (secondary N) is 1. The van der Waals surface area contributed by atoms with Crippen molar-refractivity contribution >= 4 is 17.9 Å². The molecule has 4 N–H and O–H groups in total. The third kappa shape index (κ3) is 4.05. The van der Waals surface area contributed by atoms with E-state index in [4.69, 9.17) is 10.5 Å². The number of carbonyl (C=O) groups is 3. The topological polar surface area (TPSA) is 122 Å². The van der Waals surface area contributed by atoms with Crippen molar-refractivity contribution < 1.29 is 24.2 Å². The number of amides is 3. The van der Waals surface area contributed by atoms with Crippen molar-refractivity contribution in [2.45, 2.75) is 43.9 Å². The van der Waals surface area contributed by atoms with E-state index in [0.29, 0.717) is 19.4 Å². The number of benzene rings is 2. The summed E-state index contributed by atoms with van der Waals surface area (Å²) in [4.78, 5) is 38.4. The minimum atomic E-state index is -1.23. The maximum atomic E-state index is 12.9. The molecule has 0 aromatic heterocycles. The van der Waals surface area contributed by atoms with Gasteiger partial charge in [0.25, 0.3) is 0 Å². The Balaban J connectivity index is 1.44. The maximum Gasteiger partial charge on any atom is 0.407 e. The van der Waals surface area contributed by atoms with E-state index in [-0.39, 0.29) is 12.5 Å². The maximum absolute atomic E-state index is 12.9. The zero-order chi connectivity index (χ0) is 22.8. The van der Waals surface area contributed by atoms with Gasteiger partial charge in [-0.15, -0.1) is 0 Å². The molecule has 32 heavy (non-hydrogen) atoms. The molecule has 2 aromatic rings. The Labute approximate surface area is 186 Å². The van der Waals surface area contributed by atoms with Crippen LogP contribution in [0.4, 0.5) is 4.79 Å². The molecule has 2 aliphatic rings. The molecule has 1 heterocycles. The highest BCUT2D eigenvalue weighted by atomic mass is 16.5. The number of rotatable bonds is 6. The van der Waals surface area contributed by atoms with E-state index >= 15 is 0 Å². The molecule has 1 aliphatic heterocycles. The number of hydrogen-bond donors (Lipinski definition) is 3. The van der Waals surface area contributed by atoms with Gasteiger partial charge < -0.3 is 25.8 Å². The molecule has 0 spiro atoms. The Morgan fingerprint density at radius 2 is 1.72 bits per heavy atom. The lowest BCUT2D eigenvalue weighted by Gasteiger charge is -2.29. The second-order valence-corrected chi connectivity index (χ2v) is 8.28. The van der Waals surface area contributed by atoms with E-state index < -0.39 is 36.1 Å². The molecule has 4 rings (SSSR count). The molecule has 0 saturated carbocycles. The van der Waals surface area contributed by atoms with Crippen molar-refractivity contribution in [3.8, 4) is 11.1 Å². The van der Waals surface area contributed by atoms with Crippen LogP contribution in [-0.2, 0) is 14.3 Å². The average Bonchev–Trinajstić information content (AvgIpc) is 3.39. The van der Waals surface area contributed by atoms with E-state index in [1.807, 2.05) is 48.5 Å². The van der Waals surface area contributed by atoms with Gasteiger partial charge in [-0.2, -0.15) is 0 Å².